The maximum absolute atomic E-state index is 11.6. The number of Topliss-reactive ketones (excluding diaryl/α,β-unsaturated/α-hetero) is 1. The average molecular weight is 341 g/mol. The Labute approximate surface area is 130 Å². The van der Waals surface area contributed by atoms with Crippen molar-refractivity contribution < 1.29 is 19.1 Å². The molecule has 8 heteroatoms. The van der Waals surface area contributed by atoms with Gasteiger partial charge < -0.3 is 15.2 Å². The number of hydrogen-bond acceptors (Lipinski definition) is 5. The largest absolute Gasteiger partial charge is 0.513 e. The number of rotatable bonds is 4. The van der Waals surface area contributed by atoms with Crippen LogP contribution in [0.2, 0.25) is 0 Å². The van der Waals surface area contributed by atoms with E-state index in [2.05, 4.69) is 4.74 Å². The quantitative estimate of drug-likeness (QED) is 0.297. The van der Waals surface area contributed by atoms with Crippen molar-refractivity contribution in [2.24, 2.45) is 0 Å². The number of ether oxygens (including phenoxy) is 2. The van der Waals surface area contributed by atoms with Crippen LogP contribution in [0, 0.1) is 0 Å². The Balaban J connectivity index is 2.73. The maximum atomic E-state index is 11.6. The molecule has 0 saturated heterocycles. The van der Waals surface area contributed by atoms with Gasteiger partial charge in [-0.3, -0.25) is 4.79 Å². The smallest absolute Gasteiger partial charge is 0.429 e. The molecule has 0 aliphatic rings. The van der Waals surface area contributed by atoms with Crippen LogP contribution in [-0.2, 0) is 4.74 Å². The second-order valence-corrected chi connectivity index (χ2v) is 6.30. The molecule has 20 heavy (non-hydrogen) atoms. The topological polar surface area (TPSA) is 78.6 Å². The van der Waals surface area contributed by atoms with Crippen LogP contribution < -0.4 is 10.5 Å². The first-order chi connectivity index (χ1) is 9.23. The minimum Gasteiger partial charge on any atom is -0.429 e. The molecule has 0 amide bonds. The summed E-state index contributed by atoms with van der Waals surface area (Å²) in [6.07, 6.45) is -0.762. The second kappa shape index (κ2) is 7.02. The van der Waals surface area contributed by atoms with Gasteiger partial charge in [0.1, 0.15) is 12.4 Å². The van der Waals surface area contributed by atoms with E-state index in [1.54, 1.807) is 6.92 Å². The van der Waals surface area contributed by atoms with Crippen LogP contribution >= 0.6 is 34.8 Å². The molecule has 1 aromatic carbocycles. The number of carbonyl (C=O) groups excluding carboxylic acids is 2. The molecule has 0 aromatic heterocycles. The fourth-order valence-corrected chi connectivity index (χ4v) is 1.46. The van der Waals surface area contributed by atoms with Crippen LogP contribution in [0.5, 0.6) is 5.75 Å². The average Bonchev–Trinajstić information content (AvgIpc) is 2.37. The molecule has 5 nitrogen and oxygen atoms in total. The van der Waals surface area contributed by atoms with Gasteiger partial charge >= 0.3 is 6.16 Å². The van der Waals surface area contributed by atoms with E-state index in [1.807, 2.05) is 0 Å². The molecule has 0 saturated carbocycles. The van der Waals surface area contributed by atoms with E-state index in [1.165, 1.54) is 18.2 Å². The lowest BCUT2D eigenvalue weighted by Crippen LogP contribution is -2.19. The van der Waals surface area contributed by atoms with Crippen LogP contribution in [0.1, 0.15) is 23.7 Å². The number of nitrogens with two attached hydrogens (primary N) is 1. The summed E-state index contributed by atoms with van der Waals surface area (Å²) < 4.78 is 7.73. The Morgan fingerprint density at radius 3 is 2.50 bits per heavy atom. The first-order valence-corrected chi connectivity index (χ1v) is 6.70. The van der Waals surface area contributed by atoms with Gasteiger partial charge in [0.05, 0.1) is 0 Å². The standard InChI is InChI=1S/C12H12Cl3NO4/c1-2-10(17)8-5-7(3-4-9(8)16)20-11(18)19-6-12(13,14)15/h3-5H,2,6,16H2,1H3. The predicted molar refractivity (Wildman–Crippen MR) is 77.7 cm³/mol. The molecule has 0 heterocycles. The summed E-state index contributed by atoms with van der Waals surface area (Å²) in [6.45, 7) is 1.25. The van der Waals surface area contributed by atoms with Gasteiger partial charge in [-0.2, -0.15) is 0 Å². The number of ketones is 1. The van der Waals surface area contributed by atoms with E-state index in [0.29, 0.717) is 5.69 Å². The Kier molecular flexibility index (Phi) is 5.92. The van der Waals surface area contributed by atoms with E-state index in [4.69, 9.17) is 45.3 Å². The normalized spacial score (nSPS) is 11.0. The van der Waals surface area contributed by atoms with Crippen LogP contribution in [-0.4, -0.2) is 22.3 Å². The Bertz CT molecular complexity index is 514. The lowest BCUT2D eigenvalue weighted by Gasteiger charge is -2.12. The third-order valence-corrected chi connectivity index (χ3v) is 2.53. The van der Waals surface area contributed by atoms with E-state index in [0.717, 1.165) is 0 Å². The number of halogens is 3. The second-order valence-electron chi connectivity index (χ2n) is 3.78. The van der Waals surface area contributed by atoms with Gasteiger partial charge in [0.25, 0.3) is 0 Å². The van der Waals surface area contributed by atoms with Gasteiger partial charge in [-0.25, -0.2) is 4.79 Å². The van der Waals surface area contributed by atoms with Gasteiger partial charge in [-0.05, 0) is 18.2 Å². The zero-order chi connectivity index (χ0) is 15.3. The van der Waals surface area contributed by atoms with Crippen LogP contribution in [0.3, 0.4) is 0 Å². The fourth-order valence-electron chi connectivity index (χ4n) is 1.30. The number of alkyl halides is 3. The van der Waals surface area contributed by atoms with Gasteiger partial charge in [0.15, 0.2) is 5.78 Å². The number of nitrogen functional groups attached to an aromatic ring is 1. The summed E-state index contributed by atoms with van der Waals surface area (Å²) in [5.74, 6) is -0.0482. The summed E-state index contributed by atoms with van der Waals surface area (Å²) in [7, 11) is 0. The molecule has 1 aromatic rings. The van der Waals surface area contributed by atoms with Crippen molar-refractivity contribution in [3.63, 3.8) is 0 Å². The summed E-state index contributed by atoms with van der Waals surface area (Å²) >= 11 is 16.3. The summed E-state index contributed by atoms with van der Waals surface area (Å²) in [5, 5.41) is 0. The Morgan fingerprint density at radius 2 is 1.95 bits per heavy atom. The maximum Gasteiger partial charge on any atom is 0.513 e. The Hall–Kier alpha value is -1.17. The Morgan fingerprint density at radius 1 is 1.30 bits per heavy atom. The van der Waals surface area contributed by atoms with E-state index < -0.39 is 16.6 Å². The van der Waals surface area contributed by atoms with Crippen molar-refractivity contribution >= 4 is 52.4 Å². The van der Waals surface area contributed by atoms with Gasteiger partial charge in [0, 0.05) is 17.7 Å². The van der Waals surface area contributed by atoms with Crippen molar-refractivity contribution in [1.82, 2.24) is 0 Å². The molecule has 0 aliphatic carbocycles. The molecule has 0 spiro atoms. The SMILES string of the molecule is CCC(=O)c1cc(OC(=O)OCC(Cl)(Cl)Cl)ccc1N. The molecule has 0 bridgehead atoms. The zero-order valence-corrected chi connectivity index (χ0v) is 12.8. The molecule has 0 radical (unpaired) electrons. The summed E-state index contributed by atoms with van der Waals surface area (Å²) in [6, 6.07) is 4.25. The van der Waals surface area contributed by atoms with Crippen LogP contribution in [0.25, 0.3) is 0 Å². The van der Waals surface area contributed by atoms with Gasteiger partial charge in [0.2, 0.25) is 3.79 Å². The predicted octanol–water partition coefficient (Wildman–Crippen LogP) is 3.75. The zero-order valence-electron chi connectivity index (χ0n) is 10.5. The third kappa shape index (κ3) is 5.45. The molecule has 1 rings (SSSR count). The first kappa shape index (κ1) is 16.9. The summed E-state index contributed by atoms with van der Waals surface area (Å²) in [5.41, 5.74) is 6.25. The van der Waals surface area contributed by atoms with Crippen molar-refractivity contribution in [2.45, 2.75) is 17.1 Å². The third-order valence-electron chi connectivity index (χ3n) is 2.20. The molecular formula is C12H12Cl3NO4. The van der Waals surface area contributed by atoms with Crippen molar-refractivity contribution in [2.75, 3.05) is 12.3 Å². The molecule has 0 unspecified atom stereocenters. The minimum atomic E-state index is -1.72. The van der Waals surface area contributed by atoms with Crippen molar-refractivity contribution in [3.05, 3.63) is 23.8 Å². The highest BCUT2D eigenvalue weighted by Crippen LogP contribution is 2.26. The lowest BCUT2D eigenvalue weighted by atomic mass is 10.1. The van der Waals surface area contributed by atoms with Crippen LogP contribution in [0.4, 0.5) is 10.5 Å². The minimum absolute atomic E-state index is 0.116. The van der Waals surface area contributed by atoms with E-state index >= 15 is 0 Å². The van der Waals surface area contributed by atoms with E-state index in [9.17, 15) is 9.59 Å². The molecule has 2 N–H and O–H groups in total. The fraction of sp³-hybridized carbons (Fsp3) is 0.333. The molecule has 110 valence electrons. The molecule has 0 fully saturated rings. The highest BCUT2D eigenvalue weighted by molar-refractivity contribution is 6.67. The summed E-state index contributed by atoms with van der Waals surface area (Å²) in [4.78, 5) is 23.0. The van der Waals surface area contributed by atoms with Crippen molar-refractivity contribution in [1.29, 1.82) is 0 Å². The first-order valence-electron chi connectivity index (χ1n) is 5.57. The van der Waals surface area contributed by atoms with Gasteiger partial charge in [-0.1, -0.05) is 41.7 Å². The van der Waals surface area contributed by atoms with Gasteiger partial charge in [-0.15, -0.1) is 0 Å². The number of hydrogen-bond donors (Lipinski definition) is 1. The molecular weight excluding hydrogens is 328 g/mol. The molecule has 0 aliphatic heterocycles. The highest BCUT2D eigenvalue weighted by atomic mass is 35.6. The monoisotopic (exact) mass is 339 g/mol. The van der Waals surface area contributed by atoms with E-state index in [-0.39, 0.29) is 23.5 Å². The number of anilines is 1. The molecule has 0 atom stereocenters. The van der Waals surface area contributed by atoms with Crippen LogP contribution in [0.15, 0.2) is 18.2 Å². The number of carbonyl (C=O) groups is 2. The lowest BCUT2D eigenvalue weighted by molar-refractivity contribution is 0.0974. The highest BCUT2D eigenvalue weighted by Gasteiger charge is 2.23. The number of benzene rings is 1. The van der Waals surface area contributed by atoms with Crippen molar-refractivity contribution in [3.8, 4) is 5.75 Å².